The van der Waals surface area contributed by atoms with Crippen molar-refractivity contribution < 1.29 is 19.5 Å². The van der Waals surface area contributed by atoms with Crippen LogP contribution < -0.4 is 9.96 Å². The van der Waals surface area contributed by atoms with E-state index in [9.17, 15) is 14.7 Å². The molecule has 0 saturated carbocycles. The number of para-hydroxylation sites is 2. The molecule has 3 aromatic rings. The van der Waals surface area contributed by atoms with Crippen LogP contribution in [0.3, 0.4) is 0 Å². The molecular formula is C23H17BrN2O4. The van der Waals surface area contributed by atoms with E-state index >= 15 is 0 Å². The number of carbonyl (C=O) groups excluding carboxylic acids is 2. The lowest BCUT2D eigenvalue weighted by Crippen LogP contribution is -2.37. The van der Waals surface area contributed by atoms with Crippen LogP contribution in [0.1, 0.15) is 11.6 Å². The molecule has 0 spiro atoms. The Balaban J connectivity index is 1.63. The van der Waals surface area contributed by atoms with Gasteiger partial charge in [0, 0.05) is 10.0 Å². The Hall–Kier alpha value is -3.16. The van der Waals surface area contributed by atoms with Gasteiger partial charge in [0.15, 0.2) is 6.10 Å². The van der Waals surface area contributed by atoms with Gasteiger partial charge in [-0.25, -0.2) is 9.96 Å². The second-order valence-corrected chi connectivity index (χ2v) is 8.12. The molecule has 30 heavy (non-hydrogen) atoms. The van der Waals surface area contributed by atoms with Gasteiger partial charge in [-0.2, -0.15) is 0 Å². The third-order valence-electron chi connectivity index (χ3n) is 5.45. The lowest BCUT2D eigenvalue weighted by Gasteiger charge is -2.29. The summed E-state index contributed by atoms with van der Waals surface area (Å²) in [5, 5.41) is 12.2. The second kappa shape index (κ2) is 7.27. The average molecular weight is 465 g/mol. The highest BCUT2D eigenvalue weighted by molar-refractivity contribution is 9.10. The summed E-state index contributed by atoms with van der Waals surface area (Å²) in [7, 11) is 0. The molecule has 5 rings (SSSR count). The Bertz CT molecular complexity index is 1120. The van der Waals surface area contributed by atoms with E-state index in [1.54, 1.807) is 47.5 Å². The first-order valence-corrected chi connectivity index (χ1v) is 10.3. The molecule has 0 unspecified atom stereocenters. The zero-order valence-corrected chi connectivity index (χ0v) is 17.3. The lowest BCUT2D eigenvalue weighted by atomic mass is 9.90. The molecule has 2 amide bonds. The molecule has 2 aliphatic heterocycles. The van der Waals surface area contributed by atoms with Crippen LogP contribution in [0.15, 0.2) is 83.3 Å². The lowest BCUT2D eigenvalue weighted by molar-refractivity contribution is -0.126. The second-order valence-electron chi connectivity index (χ2n) is 7.21. The molecule has 2 saturated heterocycles. The molecule has 0 aliphatic carbocycles. The number of hydrogen-bond acceptors (Lipinski definition) is 5. The Labute approximate surface area is 181 Å². The Kier molecular flexibility index (Phi) is 4.56. The Morgan fingerprint density at radius 3 is 2.13 bits per heavy atom. The Morgan fingerprint density at radius 2 is 1.47 bits per heavy atom. The highest BCUT2D eigenvalue weighted by Gasteiger charge is 2.60. The fraction of sp³-hybridized carbons (Fsp3) is 0.130. The van der Waals surface area contributed by atoms with Crippen LogP contribution in [0.2, 0.25) is 0 Å². The van der Waals surface area contributed by atoms with Crippen LogP contribution in [-0.4, -0.2) is 23.0 Å². The smallest absolute Gasteiger partial charge is 0.266 e. The van der Waals surface area contributed by atoms with Gasteiger partial charge in [0.2, 0.25) is 5.91 Å². The highest BCUT2D eigenvalue weighted by Crippen LogP contribution is 2.49. The predicted octanol–water partition coefficient (Wildman–Crippen LogP) is 4.21. The van der Waals surface area contributed by atoms with Gasteiger partial charge in [0.05, 0.1) is 17.4 Å². The topological polar surface area (TPSA) is 70.1 Å². The number of nitrogens with zero attached hydrogens (tertiary/aromatic N) is 2. The molecule has 2 heterocycles. The van der Waals surface area contributed by atoms with E-state index < -0.39 is 24.0 Å². The summed E-state index contributed by atoms with van der Waals surface area (Å²) >= 11 is 3.44. The zero-order chi connectivity index (χ0) is 20.8. The molecule has 1 N–H and O–H groups in total. The van der Waals surface area contributed by atoms with E-state index in [1.807, 2.05) is 36.4 Å². The van der Waals surface area contributed by atoms with Crippen molar-refractivity contribution in [1.29, 1.82) is 0 Å². The van der Waals surface area contributed by atoms with Crippen LogP contribution in [0.25, 0.3) is 0 Å². The first-order valence-electron chi connectivity index (χ1n) is 9.48. The molecule has 3 aromatic carbocycles. The maximum atomic E-state index is 13.5. The van der Waals surface area contributed by atoms with Crippen molar-refractivity contribution in [3.63, 3.8) is 0 Å². The van der Waals surface area contributed by atoms with Gasteiger partial charge < -0.3 is 5.11 Å². The minimum atomic E-state index is -0.971. The summed E-state index contributed by atoms with van der Waals surface area (Å²) in [5.41, 5.74) is 1.72. The standard InChI is InChI=1S/C23H17BrN2O4/c24-14-11-12-18(27)17(13-14)20-19-21(30-26(20)16-9-5-2-6-10-16)23(29)25(22(19)28)15-7-3-1-4-8-15/h1-13,19-21,27H/t19-,20-,21-/m0/s1. The van der Waals surface area contributed by atoms with Gasteiger partial charge in [-0.05, 0) is 42.5 Å². The van der Waals surface area contributed by atoms with E-state index in [2.05, 4.69) is 15.9 Å². The average Bonchev–Trinajstić information content (AvgIpc) is 3.27. The van der Waals surface area contributed by atoms with Crippen molar-refractivity contribution in [2.45, 2.75) is 12.1 Å². The summed E-state index contributed by atoms with van der Waals surface area (Å²) in [6, 6.07) is 22.4. The monoisotopic (exact) mass is 464 g/mol. The fourth-order valence-electron chi connectivity index (χ4n) is 4.12. The number of rotatable bonds is 3. The number of phenols is 1. The third kappa shape index (κ3) is 2.89. The number of hydroxylamine groups is 1. The SMILES string of the molecule is O=C1[C@@H]2[C@H](ON(c3ccccc3)[C@H]2c2cc(Br)ccc2O)C(=O)N1c1ccccc1. The minimum absolute atomic E-state index is 0.0341. The van der Waals surface area contributed by atoms with Crippen LogP contribution >= 0.6 is 15.9 Å². The molecule has 150 valence electrons. The molecule has 0 bridgehead atoms. The summed E-state index contributed by atoms with van der Waals surface area (Å²) in [6.07, 6.45) is -0.971. The maximum absolute atomic E-state index is 13.5. The number of imide groups is 1. The molecule has 6 nitrogen and oxygen atoms in total. The summed E-state index contributed by atoms with van der Waals surface area (Å²) in [6.45, 7) is 0. The number of carbonyl (C=O) groups is 2. The molecule has 7 heteroatoms. The van der Waals surface area contributed by atoms with Gasteiger partial charge in [0.1, 0.15) is 11.7 Å². The third-order valence-corrected chi connectivity index (χ3v) is 5.94. The summed E-state index contributed by atoms with van der Waals surface area (Å²) in [4.78, 5) is 33.9. The van der Waals surface area contributed by atoms with Crippen LogP contribution in [0, 0.1) is 5.92 Å². The van der Waals surface area contributed by atoms with Crippen molar-refractivity contribution in [2.75, 3.05) is 9.96 Å². The van der Waals surface area contributed by atoms with Crippen LogP contribution in [-0.2, 0) is 14.4 Å². The largest absolute Gasteiger partial charge is 0.508 e. The van der Waals surface area contributed by atoms with Gasteiger partial charge in [0.25, 0.3) is 5.91 Å². The fourth-order valence-corrected chi connectivity index (χ4v) is 4.50. The van der Waals surface area contributed by atoms with Gasteiger partial charge in [-0.15, -0.1) is 0 Å². The number of aromatic hydroxyl groups is 1. The number of anilines is 2. The molecular weight excluding hydrogens is 448 g/mol. The quantitative estimate of drug-likeness (QED) is 0.588. The van der Waals surface area contributed by atoms with Crippen molar-refractivity contribution in [2.24, 2.45) is 5.92 Å². The normalized spacial score (nSPS) is 23.2. The first-order chi connectivity index (χ1) is 14.6. The van der Waals surface area contributed by atoms with Gasteiger partial charge in [-0.1, -0.05) is 52.3 Å². The van der Waals surface area contributed by atoms with Crippen LogP contribution in [0.4, 0.5) is 11.4 Å². The van der Waals surface area contributed by atoms with E-state index in [0.29, 0.717) is 16.9 Å². The predicted molar refractivity (Wildman–Crippen MR) is 115 cm³/mol. The van der Waals surface area contributed by atoms with E-state index in [-0.39, 0.29) is 11.7 Å². The van der Waals surface area contributed by atoms with Crippen molar-refractivity contribution in [1.82, 2.24) is 0 Å². The van der Waals surface area contributed by atoms with Crippen molar-refractivity contribution in [3.05, 3.63) is 88.9 Å². The van der Waals surface area contributed by atoms with E-state index in [4.69, 9.17) is 4.84 Å². The first kappa shape index (κ1) is 18.8. The molecule has 2 aliphatic rings. The van der Waals surface area contributed by atoms with Crippen LogP contribution in [0.5, 0.6) is 5.75 Å². The number of phenolic OH excluding ortho intramolecular Hbond substituents is 1. The minimum Gasteiger partial charge on any atom is -0.508 e. The number of halogens is 1. The molecule has 3 atom stereocenters. The summed E-state index contributed by atoms with van der Waals surface area (Å²) < 4.78 is 0.753. The van der Waals surface area contributed by atoms with E-state index in [1.165, 1.54) is 4.90 Å². The number of benzene rings is 3. The molecule has 0 aromatic heterocycles. The maximum Gasteiger partial charge on any atom is 0.266 e. The molecule has 0 radical (unpaired) electrons. The Morgan fingerprint density at radius 1 is 0.833 bits per heavy atom. The van der Waals surface area contributed by atoms with Gasteiger partial charge in [-0.3, -0.25) is 14.4 Å². The van der Waals surface area contributed by atoms with Crippen molar-refractivity contribution >= 4 is 39.1 Å². The highest BCUT2D eigenvalue weighted by atomic mass is 79.9. The number of hydrogen-bond donors (Lipinski definition) is 1. The zero-order valence-electron chi connectivity index (χ0n) is 15.7. The number of fused-ring (bicyclic) bond motifs is 1. The van der Waals surface area contributed by atoms with Gasteiger partial charge >= 0.3 is 0 Å². The molecule has 2 fully saturated rings. The van der Waals surface area contributed by atoms with E-state index in [0.717, 1.165) is 4.47 Å². The van der Waals surface area contributed by atoms with Crippen molar-refractivity contribution in [3.8, 4) is 5.75 Å². The summed E-state index contributed by atoms with van der Waals surface area (Å²) in [5.74, 6) is -1.52. The number of amides is 2.